The molecule has 0 aliphatic carbocycles. The van der Waals surface area contributed by atoms with Crippen molar-refractivity contribution in [3.63, 3.8) is 0 Å². The molecule has 1 fully saturated rings. The van der Waals surface area contributed by atoms with Crippen LogP contribution in [-0.2, 0) is 9.47 Å². The van der Waals surface area contributed by atoms with Crippen LogP contribution in [0.2, 0.25) is 0 Å². The number of carbonyl (C=O) groups is 2. The van der Waals surface area contributed by atoms with E-state index in [2.05, 4.69) is 10.3 Å². The third kappa shape index (κ3) is 3.71. The average molecular weight is 296 g/mol. The zero-order valence-electron chi connectivity index (χ0n) is 12.7. The van der Waals surface area contributed by atoms with Crippen LogP contribution in [0.3, 0.4) is 0 Å². The van der Waals surface area contributed by atoms with E-state index in [1.54, 1.807) is 16.5 Å². The van der Waals surface area contributed by atoms with Crippen LogP contribution in [0.4, 0.5) is 4.79 Å². The molecule has 8 nitrogen and oxygen atoms in total. The predicted octanol–water partition coefficient (Wildman–Crippen LogP) is 1.25. The van der Waals surface area contributed by atoms with Crippen molar-refractivity contribution in [3.05, 3.63) is 11.9 Å². The van der Waals surface area contributed by atoms with Gasteiger partial charge in [0.15, 0.2) is 5.69 Å². The normalized spacial score (nSPS) is 15.5. The largest absolute Gasteiger partial charge is 0.461 e. The van der Waals surface area contributed by atoms with Crippen molar-refractivity contribution in [2.45, 2.75) is 39.3 Å². The van der Waals surface area contributed by atoms with Crippen LogP contribution in [0.15, 0.2) is 6.20 Å². The van der Waals surface area contributed by atoms with Gasteiger partial charge in [-0.25, -0.2) is 14.3 Å². The summed E-state index contributed by atoms with van der Waals surface area (Å²) in [7, 11) is 0. The fourth-order valence-corrected chi connectivity index (χ4v) is 1.85. The molecule has 1 aromatic rings. The number of ether oxygens (including phenoxy) is 2. The molecule has 0 aromatic carbocycles. The van der Waals surface area contributed by atoms with Gasteiger partial charge in [0.1, 0.15) is 5.60 Å². The number of aromatic nitrogens is 3. The van der Waals surface area contributed by atoms with E-state index in [9.17, 15) is 9.59 Å². The Balaban J connectivity index is 1.87. The summed E-state index contributed by atoms with van der Waals surface area (Å²) in [5.41, 5.74) is -0.334. The van der Waals surface area contributed by atoms with Crippen LogP contribution in [0.25, 0.3) is 0 Å². The molecule has 0 radical (unpaired) electrons. The van der Waals surface area contributed by atoms with E-state index in [-0.39, 0.29) is 17.8 Å². The highest BCUT2D eigenvalue weighted by molar-refractivity contribution is 5.86. The second kappa shape index (κ2) is 5.71. The number of likely N-dealkylation sites (tertiary alicyclic amines) is 1. The first-order valence-electron chi connectivity index (χ1n) is 6.87. The molecule has 2 heterocycles. The lowest BCUT2D eigenvalue weighted by Crippen LogP contribution is -2.52. The van der Waals surface area contributed by atoms with Crippen LogP contribution in [-0.4, -0.2) is 57.3 Å². The number of esters is 1. The molecular weight excluding hydrogens is 276 g/mol. The van der Waals surface area contributed by atoms with Gasteiger partial charge in [0.2, 0.25) is 0 Å². The van der Waals surface area contributed by atoms with Gasteiger partial charge in [-0.2, -0.15) is 0 Å². The molecule has 8 heteroatoms. The minimum absolute atomic E-state index is 0.00759. The Hall–Kier alpha value is -2.12. The first-order valence-corrected chi connectivity index (χ1v) is 6.87. The van der Waals surface area contributed by atoms with Crippen molar-refractivity contribution in [1.82, 2.24) is 19.9 Å². The minimum Gasteiger partial charge on any atom is -0.461 e. The SMILES string of the molecule is CCOC(=O)c1cn(C2CN(C(=O)OC(C)(C)C)C2)nn1. The molecule has 0 N–H and O–H groups in total. The highest BCUT2D eigenvalue weighted by atomic mass is 16.6. The molecule has 21 heavy (non-hydrogen) atoms. The van der Waals surface area contributed by atoms with E-state index in [0.29, 0.717) is 19.7 Å². The fraction of sp³-hybridized carbons (Fsp3) is 0.692. The van der Waals surface area contributed by atoms with Gasteiger partial charge in [0.05, 0.1) is 18.8 Å². The summed E-state index contributed by atoms with van der Waals surface area (Å²) in [5.74, 6) is -0.493. The second-order valence-corrected chi connectivity index (χ2v) is 5.84. The number of amides is 1. The van der Waals surface area contributed by atoms with Gasteiger partial charge in [0.25, 0.3) is 0 Å². The number of carbonyl (C=O) groups excluding carboxylic acids is 2. The number of hydrogen-bond acceptors (Lipinski definition) is 6. The third-order valence-electron chi connectivity index (χ3n) is 2.88. The highest BCUT2D eigenvalue weighted by Gasteiger charge is 2.35. The Morgan fingerprint density at radius 1 is 1.38 bits per heavy atom. The summed E-state index contributed by atoms with van der Waals surface area (Å²) < 4.78 is 11.7. The summed E-state index contributed by atoms with van der Waals surface area (Å²) in [4.78, 5) is 24.9. The fourth-order valence-electron chi connectivity index (χ4n) is 1.85. The number of rotatable bonds is 3. The summed E-state index contributed by atoms with van der Waals surface area (Å²) in [6.45, 7) is 8.47. The Kier molecular flexibility index (Phi) is 4.15. The van der Waals surface area contributed by atoms with Crippen molar-refractivity contribution >= 4 is 12.1 Å². The van der Waals surface area contributed by atoms with Crippen molar-refractivity contribution in [3.8, 4) is 0 Å². The molecule has 0 spiro atoms. The minimum atomic E-state index is -0.507. The van der Waals surface area contributed by atoms with Gasteiger partial charge in [-0.1, -0.05) is 5.21 Å². The van der Waals surface area contributed by atoms with Crippen LogP contribution in [0.5, 0.6) is 0 Å². The summed E-state index contributed by atoms with van der Waals surface area (Å²) >= 11 is 0. The van der Waals surface area contributed by atoms with Crippen LogP contribution >= 0.6 is 0 Å². The number of nitrogens with zero attached hydrogens (tertiary/aromatic N) is 4. The van der Waals surface area contributed by atoms with Crippen LogP contribution in [0.1, 0.15) is 44.2 Å². The first-order chi connectivity index (χ1) is 9.80. The maximum atomic E-state index is 11.8. The van der Waals surface area contributed by atoms with Gasteiger partial charge < -0.3 is 14.4 Å². The van der Waals surface area contributed by atoms with Crippen LogP contribution < -0.4 is 0 Å². The molecule has 1 aliphatic rings. The first kappa shape index (κ1) is 15.3. The van der Waals surface area contributed by atoms with Gasteiger partial charge in [-0.15, -0.1) is 5.10 Å². The predicted molar refractivity (Wildman–Crippen MR) is 72.8 cm³/mol. The van der Waals surface area contributed by atoms with Crippen LogP contribution in [0, 0.1) is 0 Å². The van der Waals surface area contributed by atoms with E-state index < -0.39 is 11.6 Å². The molecule has 0 saturated carbocycles. The maximum absolute atomic E-state index is 11.8. The number of hydrogen-bond donors (Lipinski definition) is 0. The smallest absolute Gasteiger partial charge is 0.410 e. The lowest BCUT2D eigenvalue weighted by molar-refractivity contribution is -0.000654. The lowest BCUT2D eigenvalue weighted by Gasteiger charge is -2.39. The molecule has 0 unspecified atom stereocenters. The van der Waals surface area contributed by atoms with E-state index in [0.717, 1.165) is 0 Å². The molecule has 0 atom stereocenters. The third-order valence-corrected chi connectivity index (χ3v) is 2.88. The average Bonchev–Trinajstić information content (AvgIpc) is 2.74. The van der Waals surface area contributed by atoms with Crippen molar-refractivity contribution < 1.29 is 19.1 Å². The standard InChI is InChI=1S/C13H20N4O4/c1-5-20-11(18)10-8-17(15-14-10)9-6-16(7-9)12(19)21-13(2,3)4/h8-9H,5-7H2,1-4H3. The molecule has 1 amide bonds. The van der Waals surface area contributed by atoms with E-state index in [4.69, 9.17) is 9.47 Å². The highest BCUT2D eigenvalue weighted by Crippen LogP contribution is 2.23. The van der Waals surface area contributed by atoms with Gasteiger partial charge in [-0.3, -0.25) is 0 Å². The quantitative estimate of drug-likeness (QED) is 0.780. The van der Waals surface area contributed by atoms with Gasteiger partial charge >= 0.3 is 12.1 Å². The topological polar surface area (TPSA) is 86.5 Å². The van der Waals surface area contributed by atoms with E-state index in [1.165, 1.54) is 6.20 Å². The molecular formula is C13H20N4O4. The summed E-state index contributed by atoms with van der Waals surface area (Å²) in [5, 5.41) is 7.67. The molecule has 1 aromatic heterocycles. The van der Waals surface area contributed by atoms with Crippen molar-refractivity contribution in [1.29, 1.82) is 0 Å². The lowest BCUT2D eigenvalue weighted by atomic mass is 10.1. The van der Waals surface area contributed by atoms with Crippen molar-refractivity contribution in [2.24, 2.45) is 0 Å². The van der Waals surface area contributed by atoms with Crippen molar-refractivity contribution in [2.75, 3.05) is 19.7 Å². The Morgan fingerprint density at radius 2 is 2.05 bits per heavy atom. The second-order valence-electron chi connectivity index (χ2n) is 5.84. The molecule has 116 valence electrons. The summed E-state index contributed by atoms with van der Waals surface area (Å²) in [6, 6.07) is 0.00759. The van der Waals surface area contributed by atoms with Gasteiger partial charge in [-0.05, 0) is 27.7 Å². The molecule has 1 aliphatic heterocycles. The maximum Gasteiger partial charge on any atom is 0.410 e. The molecule has 2 rings (SSSR count). The summed E-state index contributed by atoms with van der Waals surface area (Å²) in [6.07, 6.45) is 1.19. The molecule has 0 bridgehead atoms. The van der Waals surface area contributed by atoms with E-state index >= 15 is 0 Å². The monoisotopic (exact) mass is 296 g/mol. The molecule has 1 saturated heterocycles. The zero-order valence-corrected chi connectivity index (χ0v) is 12.7. The van der Waals surface area contributed by atoms with E-state index in [1.807, 2.05) is 20.8 Å². The Labute approximate surface area is 123 Å². The zero-order chi connectivity index (χ0) is 15.6. The Morgan fingerprint density at radius 3 is 2.62 bits per heavy atom. The Bertz CT molecular complexity index is 529. The van der Waals surface area contributed by atoms with Gasteiger partial charge in [0, 0.05) is 13.1 Å².